The Bertz CT molecular complexity index is 405. The van der Waals surface area contributed by atoms with Gasteiger partial charge in [-0.2, -0.15) is 0 Å². The van der Waals surface area contributed by atoms with Gasteiger partial charge in [-0.3, -0.25) is 4.79 Å². The maximum atomic E-state index is 11.2. The molecule has 5 heteroatoms. The third-order valence-electron chi connectivity index (χ3n) is 2.22. The van der Waals surface area contributed by atoms with Gasteiger partial charge in [0.25, 0.3) is 0 Å². The first-order chi connectivity index (χ1) is 8.49. The van der Waals surface area contributed by atoms with Gasteiger partial charge in [0.15, 0.2) is 0 Å². The Balaban J connectivity index is 2.25. The van der Waals surface area contributed by atoms with Gasteiger partial charge in [-0.1, -0.05) is 0 Å². The number of esters is 1. The highest BCUT2D eigenvalue weighted by molar-refractivity contribution is 5.69. The topological polar surface area (TPSA) is 87.6 Å². The molecule has 4 N–H and O–H groups in total. The fourth-order valence-electron chi connectivity index (χ4n) is 1.37. The molecule has 5 nitrogen and oxygen atoms in total. The molecule has 0 atom stereocenters. The van der Waals surface area contributed by atoms with Crippen molar-refractivity contribution in [1.29, 1.82) is 0 Å². The van der Waals surface area contributed by atoms with Crippen LogP contribution < -0.4 is 16.2 Å². The predicted molar refractivity (Wildman–Crippen MR) is 71.2 cm³/mol. The fraction of sp³-hybridized carbons (Fsp3) is 0.462. The van der Waals surface area contributed by atoms with E-state index in [2.05, 4.69) is 0 Å². The SMILES string of the molecule is CC(C)OC(=O)CCCOc1ccc(N)c(N)c1. The van der Waals surface area contributed by atoms with E-state index >= 15 is 0 Å². The van der Waals surface area contributed by atoms with Gasteiger partial charge in [-0.25, -0.2) is 0 Å². The van der Waals surface area contributed by atoms with E-state index < -0.39 is 0 Å². The lowest BCUT2D eigenvalue weighted by molar-refractivity contribution is -0.147. The summed E-state index contributed by atoms with van der Waals surface area (Å²) < 4.78 is 10.5. The number of hydrogen-bond acceptors (Lipinski definition) is 5. The molecule has 0 aromatic heterocycles. The maximum Gasteiger partial charge on any atom is 0.306 e. The molecule has 1 aromatic carbocycles. The van der Waals surface area contributed by atoms with E-state index in [0.29, 0.717) is 36.6 Å². The average molecular weight is 252 g/mol. The van der Waals surface area contributed by atoms with E-state index in [9.17, 15) is 4.79 Å². The van der Waals surface area contributed by atoms with Gasteiger partial charge >= 0.3 is 5.97 Å². The summed E-state index contributed by atoms with van der Waals surface area (Å²) in [4.78, 5) is 11.2. The second-order valence-corrected chi connectivity index (χ2v) is 4.28. The van der Waals surface area contributed by atoms with Crippen LogP contribution in [0.4, 0.5) is 11.4 Å². The molecule has 0 spiro atoms. The van der Waals surface area contributed by atoms with E-state index in [1.54, 1.807) is 18.2 Å². The van der Waals surface area contributed by atoms with Crippen molar-refractivity contribution in [3.8, 4) is 5.75 Å². The molecule has 0 aliphatic heterocycles. The zero-order chi connectivity index (χ0) is 13.5. The molecule has 0 saturated heterocycles. The van der Waals surface area contributed by atoms with Gasteiger partial charge in [0.2, 0.25) is 0 Å². The van der Waals surface area contributed by atoms with Crippen molar-refractivity contribution >= 4 is 17.3 Å². The molecule has 0 aliphatic carbocycles. The van der Waals surface area contributed by atoms with Crippen LogP contribution in [0.1, 0.15) is 26.7 Å². The average Bonchev–Trinajstić information content (AvgIpc) is 2.28. The zero-order valence-corrected chi connectivity index (χ0v) is 10.8. The lowest BCUT2D eigenvalue weighted by Crippen LogP contribution is -2.12. The van der Waals surface area contributed by atoms with Gasteiger partial charge in [-0.05, 0) is 32.4 Å². The van der Waals surface area contributed by atoms with Crippen LogP contribution in [0.3, 0.4) is 0 Å². The van der Waals surface area contributed by atoms with Gasteiger partial charge in [0, 0.05) is 12.5 Å². The van der Waals surface area contributed by atoms with Crippen molar-refractivity contribution in [2.45, 2.75) is 32.8 Å². The molecule has 0 aliphatic rings. The van der Waals surface area contributed by atoms with Crippen molar-refractivity contribution in [3.63, 3.8) is 0 Å². The fourth-order valence-corrected chi connectivity index (χ4v) is 1.37. The number of carbonyl (C=O) groups is 1. The van der Waals surface area contributed by atoms with Gasteiger partial charge in [-0.15, -0.1) is 0 Å². The van der Waals surface area contributed by atoms with Crippen molar-refractivity contribution < 1.29 is 14.3 Å². The minimum absolute atomic E-state index is 0.0738. The summed E-state index contributed by atoms with van der Waals surface area (Å²) in [6.07, 6.45) is 0.883. The Hall–Kier alpha value is -1.91. The Morgan fingerprint density at radius 1 is 1.28 bits per heavy atom. The predicted octanol–water partition coefficient (Wildman–Crippen LogP) is 1.96. The van der Waals surface area contributed by atoms with Crippen molar-refractivity contribution in [1.82, 2.24) is 0 Å². The van der Waals surface area contributed by atoms with E-state index in [1.165, 1.54) is 0 Å². The molecule has 0 heterocycles. The number of ether oxygens (including phenoxy) is 2. The summed E-state index contributed by atoms with van der Waals surface area (Å²) in [7, 11) is 0. The first-order valence-electron chi connectivity index (χ1n) is 5.96. The summed E-state index contributed by atoms with van der Waals surface area (Å²) in [6, 6.07) is 5.11. The Morgan fingerprint density at radius 2 is 2.00 bits per heavy atom. The number of benzene rings is 1. The molecular weight excluding hydrogens is 232 g/mol. The Kier molecular flexibility index (Phi) is 5.30. The maximum absolute atomic E-state index is 11.2. The van der Waals surface area contributed by atoms with E-state index in [4.69, 9.17) is 20.9 Å². The highest BCUT2D eigenvalue weighted by atomic mass is 16.5. The molecule has 0 amide bonds. The molecule has 0 radical (unpaired) electrons. The molecule has 0 bridgehead atoms. The van der Waals surface area contributed by atoms with E-state index in [1.807, 2.05) is 13.8 Å². The zero-order valence-electron chi connectivity index (χ0n) is 10.8. The Morgan fingerprint density at radius 3 is 2.61 bits per heavy atom. The molecular formula is C13H20N2O3. The summed E-state index contributed by atoms with van der Waals surface area (Å²) in [6.45, 7) is 4.09. The van der Waals surface area contributed by atoms with Crippen LogP contribution in [0.2, 0.25) is 0 Å². The quantitative estimate of drug-likeness (QED) is 0.459. The normalized spacial score (nSPS) is 10.4. The third-order valence-corrected chi connectivity index (χ3v) is 2.22. The van der Waals surface area contributed by atoms with Crippen molar-refractivity contribution in [2.75, 3.05) is 18.1 Å². The smallest absolute Gasteiger partial charge is 0.306 e. The van der Waals surface area contributed by atoms with Crippen LogP contribution in [-0.2, 0) is 9.53 Å². The highest BCUT2D eigenvalue weighted by Gasteiger charge is 2.05. The molecule has 0 unspecified atom stereocenters. The Labute approximate surface area is 107 Å². The second-order valence-electron chi connectivity index (χ2n) is 4.28. The van der Waals surface area contributed by atoms with E-state index in [0.717, 1.165) is 0 Å². The summed E-state index contributed by atoms with van der Waals surface area (Å²) >= 11 is 0. The molecule has 1 aromatic rings. The summed E-state index contributed by atoms with van der Waals surface area (Å²) in [5.74, 6) is 0.448. The minimum atomic E-state index is -0.203. The van der Waals surface area contributed by atoms with Gasteiger partial charge < -0.3 is 20.9 Å². The van der Waals surface area contributed by atoms with Crippen LogP contribution >= 0.6 is 0 Å². The third kappa shape index (κ3) is 4.95. The molecule has 18 heavy (non-hydrogen) atoms. The first kappa shape index (κ1) is 14.2. The van der Waals surface area contributed by atoms with Crippen molar-refractivity contribution in [2.24, 2.45) is 0 Å². The van der Waals surface area contributed by atoms with Crippen LogP contribution in [0.25, 0.3) is 0 Å². The molecule has 1 rings (SSSR count). The summed E-state index contributed by atoms with van der Waals surface area (Å²) in [5.41, 5.74) is 12.3. The van der Waals surface area contributed by atoms with Crippen LogP contribution in [0.15, 0.2) is 18.2 Å². The molecule has 100 valence electrons. The van der Waals surface area contributed by atoms with Crippen molar-refractivity contribution in [3.05, 3.63) is 18.2 Å². The molecule has 0 saturated carbocycles. The number of nitrogens with two attached hydrogens (primary N) is 2. The monoisotopic (exact) mass is 252 g/mol. The number of carbonyl (C=O) groups excluding carboxylic acids is 1. The summed E-state index contributed by atoms with van der Waals surface area (Å²) in [5, 5.41) is 0. The van der Waals surface area contributed by atoms with Crippen LogP contribution in [-0.4, -0.2) is 18.7 Å². The highest BCUT2D eigenvalue weighted by Crippen LogP contribution is 2.21. The van der Waals surface area contributed by atoms with E-state index in [-0.39, 0.29) is 12.1 Å². The molecule has 0 fully saturated rings. The number of rotatable bonds is 6. The number of nitrogen functional groups attached to an aromatic ring is 2. The lowest BCUT2D eigenvalue weighted by Gasteiger charge is -2.09. The van der Waals surface area contributed by atoms with Crippen LogP contribution in [0, 0.1) is 0 Å². The van der Waals surface area contributed by atoms with Gasteiger partial charge in [0.05, 0.1) is 24.1 Å². The minimum Gasteiger partial charge on any atom is -0.494 e. The van der Waals surface area contributed by atoms with Crippen LogP contribution in [0.5, 0.6) is 5.75 Å². The number of anilines is 2. The lowest BCUT2D eigenvalue weighted by atomic mass is 10.2. The largest absolute Gasteiger partial charge is 0.494 e. The first-order valence-corrected chi connectivity index (χ1v) is 5.96. The van der Waals surface area contributed by atoms with Gasteiger partial charge in [0.1, 0.15) is 5.75 Å². The second kappa shape index (κ2) is 6.74. The number of hydrogen-bond donors (Lipinski definition) is 2. The standard InChI is InChI=1S/C13H20N2O3/c1-9(2)18-13(16)4-3-7-17-10-5-6-11(14)12(15)8-10/h5-6,8-9H,3-4,7,14-15H2,1-2H3.